The molecule has 1 amide bonds. The number of carbonyl (C=O) groups excluding carboxylic acids is 1. The zero-order valence-electron chi connectivity index (χ0n) is 20.1. The van der Waals surface area contributed by atoms with Gasteiger partial charge in [0.15, 0.2) is 17.7 Å². The van der Waals surface area contributed by atoms with E-state index in [2.05, 4.69) is 10.1 Å². The summed E-state index contributed by atoms with van der Waals surface area (Å²) in [6.45, 7) is 3.87. The fourth-order valence-electron chi connectivity index (χ4n) is 4.22. The summed E-state index contributed by atoms with van der Waals surface area (Å²) in [4.78, 5) is 19.0. The summed E-state index contributed by atoms with van der Waals surface area (Å²) in [5.74, 6) is 0.400. The summed E-state index contributed by atoms with van der Waals surface area (Å²) in [5.41, 5.74) is 4.03. The Morgan fingerprint density at radius 3 is 2.81 bits per heavy atom. The Morgan fingerprint density at radius 1 is 1.19 bits per heavy atom. The number of aryl methyl sites for hydroxylation is 1. The van der Waals surface area contributed by atoms with Gasteiger partial charge in [-0.1, -0.05) is 12.1 Å². The van der Waals surface area contributed by atoms with Crippen molar-refractivity contribution in [1.29, 1.82) is 0 Å². The Bertz CT molecular complexity index is 1480. The van der Waals surface area contributed by atoms with Crippen molar-refractivity contribution in [2.45, 2.75) is 20.1 Å². The van der Waals surface area contributed by atoms with Gasteiger partial charge >= 0.3 is 0 Å². The highest BCUT2D eigenvalue weighted by molar-refractivity contribution is 6.14. The molecule has 2 heterocycles. The lowest BCUT2D eigenvalue weighted by Crippen LogP contribution is -2.40. The van der Waals surface area contributed by atoms with Crippen LogP contribution in [-0.2, 0) is 4.79 Å². The number of anilines is 1. The fraction of sp³-hybridized carbons (Fsp3) is 0.222. The van der Waals surface area contributed by atoms with Crippen LogP contribution < -0.4 is 9.64 Å². The highest BCUT2D eigenvalue weighted by Gasteiger charge is 2.31. The lowest BCUT2D eigenvalue weighted by atomic mass is 9.94. The summed E-state index contributed by atoms with van der Waals surface area (Å²) in [6, 6.07) is 16.6. The van der Waals surface area contributed by atoms with E-state index in [1.165, 1.54) is 22.0 Å². The number of ether oxygens (including phenoxy) is 1. The van der Waals surface area contributed by atoms with Crippen molar-refractivity contribution in [1.82, 2.24) is 9.99 Å². The molecule has 1 aromatic heterocycles. The molecule has 0 saturated heterocycles. The molecule has 1 atom stereocenters. The van der Waals surface area contributed by atoms with E-state index < -0.39 is 12.0 Å². The predicted octanol–water partition coefficient (Wildman–Crippen LogP) is 4.40. The molecule has 1 aliphatic rings. The summed E-state index contributed by atoms with van der Waals surface area (Å²) >= 11 is 0. The van der Waals surface area contributed by atoms with E-state index in [9.17, 15) is 14.3 Å². The molecule has 9 heteroatoms. The third-order valence-electron chi connectivity index (χ3n) is 6.01. The maximum absolute atomic E-state index is 14.0. The molecular formula is C27H25FN4O4. The van der Waals surface area contributed by atoms with E-state index >= 15 is 0 Å². The molecule has 1 aliphatic heterocycles. The van der Waals surface area contributed by atoms with Gasteiger partial charge in [-0.15, -0.1) is 0 Å². The van der Waals surface area contributed by atoms with Crippen LogP contribution in [0.2, 0.25) is 0 Å². The SMILES string of the molecule is CCOc1ccc2c(c1)C(O)N(CC(=O)N(C)c1ccc3nc(C)oc3c1)N=C2c1cccc(F)c1. The number of hydrogen-bond acceptors (Lipinski definition) is 7. The Kier molecular flexibility index (Phi) is 6.15. The number of fused-ring (bicyclic) bond motifs is 2. The highest BCUT2D eigenvalue weighted by Crippen LogP contribution is 2.33. The average Bonchev–Trinajstić information content (AvgIpc) is 3.24. The largest absolute Gasteiger partial charge is 0.494 e. The van der Waals surface area contributed by atoms with Crippen molar-refractivity contribution in [2.24, 2.45) is 5.10 Å². The minimum atomic E-state index is -1.20. The Morgan fingerprint density at radius 2 is 2.03 bits per heavy atom. The number of benzene rings is 3. The molecular weight excluding hydrogens is 463 g/mol. The third-order valence-corrected chi connectivity index (χ3v) is 6.01. The van der Waals surface area contributed by atoms with Gasteiger partial charge in [-0.3, -0.25) is 9.80 Å². The Labute approximate surface area is 207 Å². The van der Waals surface area contributed by atoms with Gasteiger partial charge in [0, 0.05) is 42.4 Å². The van der Waals surface area contributed by atoms with Gasteiger partial charge in [0.1, 0.15) is 23.6 Å². The van der Waals surface area contributed by atoms with Crippen LogP contribution in [0.4, 0.5) is 10.1 Å². The fourth-order valence-corrected chi connectivity index (χ4v) is 4.22. The molecule has 184 valence electrons. The predicted molar refractivity (Wildman–Crippen MR) is 133 cm³/mol. The minimum absolute atomic E-state index is 0.220. The van der Waals surface area contributed by atoms with Crippen LogP contribution in [0.1, 0.15) is 35.7 Å². The number of nitrogens with zero attached hydrogens (tertiary/aromatic N) is 4. The van der Waals surface area contributed by atoms with Crippen LogP contribution in [0.25, 0.3) is 11.1 Å². The van der Waals surface area contributed by atoms with E-state index in [4.69, 9.17) is 9.15 Å². The maximum atomic E-state index is 14.0. The normalized spacial score (nSPS) is 15.0. The number of aliphatic hydroxyl groups excluding tert-OH is 1. The molecule has 1 N–H and O–H groups in total. The second-order valence-corrected chi connectivity index (χ2v) is 8.45. The molecule has 36 heavy (non-hydrogen) atoms. The Hall–Kier alpha value is -4.24. The van der Waals surface area contributed by atoms with Gasteiger partial charge in [0.2, 0.25) is 5.91 Å². The van der Waals surface area contributed by atoms with E-state index in [-0.39, 0.29) is 12.5 Å². The van der Waals surface area contributed by atoms with E-state index in [0.29, 0.717) is 57.4 Å². The first-order valence-electron chi connectivity index (χ1n) is 11.5. The number of aliphatic hydroxyl groups is 1. The number of halogens is 1. The number of rotatable bonds is 6. The molecule has 0 spiro atoms. The van der Waals surface area contributed by atoms with Gasteiger partial charge in [-0.25, -0.2) is 9.37 Å². The molecule has 0 radical (unpaired) electrons. The first kappa shape index (κ1) is 23.5. The third kappa shape index (κ3) is 4.40. The number of aromatic nitrogens is 1. The second kappa shape index (κ2) is 9.43. The monoisotopic (exact) mass is 488 g/mol. The molecule has 5 rings (SSSR count). The number of hydrogen-bond donors (Lipinski definition) is 1. The molecule has 0 saturated carbocycles. The van der Waals surface area contributed by atoms with Crippen molar-refractivity contribution < 1.29 is 23.4 Å². The minimum Gasteiger partial charge on any atom is -0.494 e. The zero-order valence-corrected chi connectivity index (χ0v) is 20.1. The van der Waals surface area contributed by atoms with Gasteiger partial charge < -0.3 is 19.2 Å². The molecule has 0 bridgehead atoms. The molecule has 4 aromatic rings. The van der Waals surface area contributed by atoms with Crippen LogP contribution in [0.5, 0.6) is 5.75 Å². The number of carbonyl (C=O) groups is 1. The summed E-state index contributed by atoms with van der Waals surface area (Å²) < 4.78 is 25.2. The van der Waals surface area contributed by atoms with E-state index in [1.807, 2.05) is 6.92 Å². The van der Waals surface area contributed by atoms with Crippen molar-refractivity contribution in [2.75, 3.05) is 25.1 Å². The van der Waals surface area contributed by atoms with E-state index in [1.54, 1.807) is 62.5 Å². The molecule has 3 aromatic carbocycles. The van der Waals surface area contributed by atoms with Crippen LogP contribution >= 0.6 is 0 Å². The topological polar surface area (TPSA) is 91.4 Å². The second-order valence-electron chi connectivity index (χ2n) is 8.45. The number of oxazole rings is 1. The zero-order chi connectivity index (χ0) is 25.4. The molecule has 0 fully saturated rings. The van der Waals surface area contributed by atoms with Crippen LogP contribution in [-0.4, -0.2) is 46.9 Å². The van der Waals surface area contributed by atoms with Gasteiger partial charge in [-0.05, 0) is 49.4 Å². The number of hydrazone groups is 1. The van der Waals surface area contributed by atoms with Gasteiger partial charge in [0.05, 0.1) is 12.3 Å². The van der Waals surface area contributed by atoms with Gasteiger partial charge in [-0.2, -0.15) is 5.10 Å². The van der Waals surface area contributed by atoms with Crippen LogP contribution in [0.15, 0.2) is 70.2 Å². The smallest absolute Gasteiger partial charge is 0.248 e. The lowest BCUT2D eigenvalue weighted by Gasteiger charge is -2.33. The number of amides is 1. The lowest BCUT2D eigenvalue weighted by molar-refractivity contribution is -0.122. The average molecular weight is 489 g/mol. The van der Waals surface area contributed by atoms with Crippen molar-refractivity contribution in [3.8, 4) is 5.75 Å². The quantitative estimate of drug-likeness (QED) is 0.433. The van der Waals surface area contributed by atoms with Crippen molar-refractivity contribution in [3.63, 3.8) is 0 Å². The number of likely N-dealkylation sites (N-methyl/N-ethyl adjacent to an activating group) is 1. The highest BCUT2D eigenvalue weighted by atomic mass is 19.1. The molecule has 8 nitrogen and oxygen atoms in total. The summed E-state index contributed by atoms with van der Waals surface area (Å²) in [5, 5.41) is 17.1. The van der Waals surface area contributed by atoms with Crippen LogP contribution in [0, 0.1) is 12.7 Å². The summed E-state index contributed by atoms with van der Waals surface area (Å²) in [7, 11) is 1.64. The Balaban J connectivity index is 1.48. The molecule has 0 aliphatic carbocycles. The van der Waals surface area contributed by atoms with Crippen LogP contribution in [0.3, 0.4) is 0 Å². The van der Waals surface area contributed by atoms with E-state index in [0.717, 1.165) is 0 Å². The van der Waals surface area contributed by atoms with Crippen molar-refractivity contribution >= 4 is 28.4 Å². The standard InChI is InChI=1S/C27H25FN4O4/c1-4-35-20-9-10-21-22(14-20)27(34)32(30-26(21)17-6-5-7-18(28)12-17)15-25(33)31(3)19-8-11-23-24(13-19)36-16(2)29-23/h5-14,27,34H,4,15H2,1-3H3. The summed E-state index contributed by atoms with van der Waals surface area (Å²) in [6.07, 6.45) is -1.20. The van der Waals surface area contributed by atoms with Crippen molar-refractivity contribution in [3.05, 3.63) is 89.1 Å². The molecule has 1 unspecified atom stereocenters. The van der Waals surface area contributed by atoms with Gasteiger partial charge in [0.25, 0.3) is 0 Å². The first-order valence-corrected chi connectivity index (χ1v) is 11.5. The maximum Gasteiger partial charge on any atom is 0.248 e. The first-order chi connectivity index (χ1) is 17.3.